The van der Waals surface area contributed by atoms with Crippen molar-refractivity contribution in [2.75, 3.05) is 6.61 Å². The van der Waals surface area contributed by atoms with Gasteiger partial charge in [0, 0.05) is 5.02 Å². The molecule has 1 N–H and O–H groups in total. The highest BCUT2D eigenvalue weighted by molar-refractivity contribution is 6.31. The van der Waals surface area contributed by atoms with Crippen LogP contribution in [0, 0.1) is 0 Å². The minimum Gasteiger partial charge on any atom is -0.491 e. The molecule has 0 amide bonds. The second-order valence-electron chi connectivity index (χ2n) is 5.83. The molecule has 2 aromatic carbocycles. The van der Waals surface area contributed by atoms with Crippen molar-refractivity contribution in [3.05, 3.63) is 69.7 Å². The second kappa shape index (κ2) is 7.68. The minimum atomic E-state index is -0.832. The number of rotatable bonds is 6. The Hall–Kier alpha value is -2.37. The Morgan fingerprint density at radius 1 is 1.28 bits per heavy atom. The second-order valence-corrected chi connectivity index (χ2v) is 6.27. The molecule has 0 radical (unpaired) electrons. The van der Waals surface area contributed by atoms with Crippen molar-refractivity contribution in [1.82, 2.24) is 9.55 Å². The fourth-order valence-corrected chi connectivity index (χ4v) is 2.76. The number of aryl methyl sites for hydroxylation is 1. The quantitative estimate of drug-likeness (QED) is 0.735. The number of fused-ring (bicyclic) bond motifs is 1. The van der Waals surface area contributed by atoms with Crippen LogP contribution in [-0.4, -0.2) is 27.4 Å². The van der Waals surface area contributed by atoms with Gasteiger partial charge >= 0.3 is 0 Å². The first kappa shape index (κ1) is 17.5. The molecule has 0 aliphatic carbocycles. The van der Waals surface area contributed by atoms with Crippen LogP contribution in [-0.2, 0) is 13.0 Å². The summed E-state index contributed by atoms with van der Waals surface area (Å²) in [5, 5.41) is 11.1. The molecule has 0 saturated heterocycles. The Bertz CT molecular complexity index is 939. The first-order valence-corrected chi connectivity index (χ1v) is 8.49. The molecule has 1 unspecified atom stereocenters. The molecule has 0 aliphatic heterocycles. The van der Waals surface area contributed by atoms with Crippen molar-refractivity contribution in [1.29, 1.82) is 0 Å². The van der Waals surface area contributed by atoms with E-state index in [9.17, 15) is 9.90 Å². The van der Waals surface area contributed by atoms with Crippen molar-refractivity contribution in [3.63, 3.8) is 0 Å². The van der Waals surface area contributed by atoms with E-state index in [1.807, 2.05) is 24.3 Å². The maximum atomic E-state index is 12.5. The first-order chi connectivity index (χ1) is 12.1. The Labute approximate surface area is 150 Å². The van der Waals surface area contributed by atoms with E-state index in [0.717, 1.165) is 6.42 Å². The van der Waals surface area contributed by atoms with Crippen molar-refractivity contribution in [2.45, 2.75) is 26.0 Å². The summed E-state index contributed by atoms with van der Waals surface area (Å²) in [7, 11) is 0. The fourth-order valence-electron chi connectivity index (χ4n) is 2.59. The third kappa shape index (κ3) is 4.18. The minimum absolute atomic E-state index is 0.0905. The van der Waals surface area contributed by atoms with Gasteiger partial charge in [0.25, 0.3) is 5.56 Å². The van der Waals surface area contributed by atoms with Gasteiger partial charge in [-0.25, -0.2) is 4.98 Å². The topological polar surface area (TPSA) is 64.3 Å². The number of halogens is 1. The number of hydrogen-bond donors (Lipinski definition) is 1. The fraction of sp³-hybridized carbons (Fsp3) is 0.263. The molecule has 25 heavy (non-hydrogen) atoms. The summed E-state index contributed by atoms with van der Waals surface area (Å²) < 4.78 is 6.99. The Kier molecular flexibility index (Phi) is 5.36. The van der Waals surface area contributed by atoms with E-state index < -0.39 is 6.10 Å². The van der Waals surface area contributed by atoms with E-state index in [4.69, 9.17) is 16.3 Å². The monoisotopic (exact) mass is 358 g/mol. The van der Waals surface area contributed by atoms with Crippen molar-refractivity contribution in [3.8, 4) is 5.75 Å². The van der Waals surface area contributed by atoms with Crippen LogP contribution in [0.25, 0.3) is 10.9 Å². The zero-order chi connectivity index (χ0) is 17.8. The van der Waals surface area contributed by atoms with E-state index >= 15 is 0 Å². The van der Waals surface area contributed by atoms with Gasteiger partial charge in [0.05, 0.1) is 23.8 Å². The van der Waals surface area contributed by atoms with Crippen LogP contribution in [0.4, 0.5) is 0 Å². The number of benzene rings is 2. The predicted molar refractivity (Wildman–Crippen MR) is 98.3 cm³/mol. The number of aromatic nitrogens is 2. The predicted octanol–water partition coefficient (Wildman–Crippen LogP) is 3.05. The van der Waals surface area contributed by atoms with Gasteiger partial charge in [0.1, 0.15) is 18.5 Å². The summed E-state index contributed by atoms with van der Waals surface area (Å²) in [4.78, 5) is 16.7. The molecule has 1 heterocycles. The highest BCUT2D eigenvalue weighted by Crippen LogP contribution is 2.15. The molecule has 6 heteroatoms. The summed E-state index contributed by atoms with van der Waals surface area (Å²) in [5.41, 5.74) is 1.51. The number of ether oxygens (including phenoxy) is 1. The van der Waals surface area contributed by atoms with Gasteiger partial charge in [-0.3, -0.25) is 9.36 Å². The number of aliphatic hydroxyl groups is 1. The molecule has 0 bridgehead atoms. The third-order valence-electron chi connectivity index (χ3n) is 3.94. The van der Waals surface area contributed by atoms with Gasteiger partial charge in [-0.1, -0.05) is 30.7 Å². The largest absolute Gasteiger partial charge is 0.491 e. The van der Waals surface area contributed by atoms with E-state index in [1.165, 1.54) is 16.5 Å². The maximum absolute atomic E-state index is 12.5. The van der Waals surface area contributed by atoms with E-state index in [1.54, 1.807) is 18.2 Å². The van der Waals surface area contributed by atoms with Gasteiger partial charge in [0.15, 0.2) is 0 Å². The Morgan fingerprint density at radius 3 is 2.92 bits per heavy atom. The highest BCUT2D eigenvalue weighted by Gasteiger charge is 2.11. The third-order valence-corrected chi connectivity index (χ3v) is 4.18. The lowest BCUT2D eigenvalue weighted by Crippen LogP contribution is -2.30. The molecule has 0 spiro atoms. The van der Waals surface area contributed by atoms with Crippen LogP contribution in [0.15, 0.2) is 53.6 Å². The van der Waals surface area contributed by atoms with Crippen LogP contribution < -0.4 is 10.3 Å². The van der Waals surface area contributed by atoms with E-state index in [-0.39, 0.29) is 18.7 Å². The summed E-state index contributed by atoms with van der Waals surface area (Å²) in [6.07, 6.45) is 1.52. The van der Waals surface area contributed by atoms with Crippen molar-refractivity contribution < 1.29 is 9.84 Å². The van der Waals surface area contributed by atoms with Crippen LogP contribution in [0.5, 0.6) is 5.75 Å². The molecule has 3 aromatic rings. The van der Waals surface area contributed by atoms with E-state index in [0.29, 0.717) is 21.7 Å². The van der Waals surface area contributed by atoms with Gasteiger partial charge in [-0.15, -0.1) is 0 Å². The van der Waals surface area contributed by atoms with Gasteiger partial charge in [-0.2, -0.15) is 0 Å². The van der Waals surface area contributed by atoms with Crippen LogP contribution in [0.3, 0.4) is 0 Å². The summed E-state index contributed by atoms with van der Waals surface area (Å²) in [5.74, 6) is 0.703. The molecule has 130 valence electrons. The van der Waals surface area contributed by atoms with Crippen LogP contribution in [0.2, 0.25) is 5.02 Å². The van der Waals surface area contributed by atoms with Gasteiger partial charge < -0.3 is 9.84 Å². The van der Waals surface area contributed by atoms with Gasteiger partial charge in [-0.05, 0) is 42.3 Å². The molecule has 0 aliphatic rings. The smallest absolute Gasteiger partial charge is 0.261 e. The SMILES string of the molecule is CCc1cccc(OCC(O)Cn2cnc3ccc(Cl)cc3c2=O)c1. The standard InChI is InChI=1S/C19H19ClN2O3/c1-2-13-4-3-5-16(8-13)25-11-15(23)10-22-12-21-18-7-6-14(20)9-17(18)19(22)24/h3-9,12,15,23H,2,10-11H2,1H3. The Balaban J connectivity index is 1.70. The van der Waals surface area contributed by atoms with Crippen molar-refractivity contribution in [2.24, 2.45) is 0 Å². The zero-order valence-electron chi connectivity index (χ0n) is 13.9. The molecule has 1 atom stereocenters. The molecular formula is C19H19ClN2O3. The summed E-state index contributed by atoms with van der Waals surface area (Å²) >= 11 is 5.95. The summed E-state index contributed by atoms with van der Waals surface area (Å²) in [6, 6.07) is 12.7. The molecule has 0 saturated carbocycles. The Morgan fingerprint density at radius 2 is 2.12 bits per heavy atom. The number of nitrogens with zero attached hydrogens (tertiary/aromatic N) is 2. The number of hydrogen-bond acceptors (Lipinski definition) is 4. The molecule has 0 fully saturated rings. The van der Waals surface area contributed by atoms with Crippen molar-refractivity contribution >= 4 is 22.5 Å². The van der Waals surface area contributed by atoms with Crippen LogP contribution >= 0.6 is 11.6 Å². The van der Waals surface area contributed by atoms with Crippen LogP contribution in [0.1, 0.15) is 12.5 Å². The average molecular weight is 359 g/mol. The lowest BCUT2D eigenvalue weighted by Gasteiger charge is -2.14. The molecule has 1 aromatic heterocycles. The average Bonchev–Trinajstić information content (AvgIpc) is 2.63. The first-order valence-electron chi connectivity index (χ1n) is 8.11. The maximum Gasteiger partial charge on any atom is 0.261 e. The number of aliphatic hydroxyl groups excluding tert-OH is 1. The molecule has 5 nitrogen and oxygen atoms in total. The van der Waals surface area contributed by atoms with E-state index in [2.05, 4.69) is 11.9 Å². The highest BCUT2D eigenvalue weighted by atomic mass is 35.5. The molecule has 3 rings (SSSR count). The summed E-state index contributed by atoms with van der Waals surface area (Å²) in [6.45, 7) is 2.26. The van der Waals surface area contributed by atoms with Gasteiger partial charge in [0.2, 0.25) is 0 Å². The normalized spacial score (nSPS) is 12.3. The lowest BCUT2D eigenvalue weighted by atomic mass is 10.2. The molecular weight excluding hydrogens is 340 g/mol. The zero-order valence-corrected chi connectivity index (χ0v) is 14.6. The lowest BCUT2D eigenvalue weighted by molar-refractivity contribution is 0.0914.